The molecular weight excluding hydrogens is 306 g/mol. The lowest BCUT2D eigenvalue weighted by Gasteiger charge is -2.27. The predicted molar refractivity (Wildman–Crippen MR) is 87.0 cm³/mol. The van der Waals surface area contributed by atoms with Crippen LogP contribution >= 0.6 is 0 Å². The van der Waals surface area contributed by atoms with E-state index in [-0.39, 0.29) is 23.8 Å². The van der Waals surface area contributed by atoms with Crippen LogP contribution in [0.4, 0.5) is 0 Å². The number of carbonyl (C=O) groups is 2. The molecule has 2 fully saturated rings. The molecule has 0 radical (unpaired) electrons. The number of carbonyl (C=O) groups excluding carboxylic acids is 2. The normalized spacial score (nSPS) is 27.5. The summed E-state index contributed by atoms with van der Waals surface area (Å²) in [5, 5.41) is 8.84. The molecule has 7 nitrogen and oxygen atoms in total. The van der Waals surface area contributed by atoms with Crippen LogP contribution < -0.4 is 0 Å². The summed E-state index contributed by atoms with van der Waals surface area (Å²) in [4.78, 5) is 28.4. The van der Waals surface area contributed by atoms with Gasteiger partial charge in [0.2, 0.25) is 11.8 Å². The van der Waals surface area contributed by atoms with Crippen LogP contribution in [-0.2, 0) is 22.6 Å². The van der Waals surface area contributed by atoms with Crippen LogP contribution in [-0.4, -0.2) is 56.5 Å². The fourth-order valence-corrected chi connectivity index (χ4v) is 4.32. The van der Waals surface area contributed by atoms with Gasteiger partial charge in [-0.25, -0.2) is 0 Å². The van der Waals surface area contributed by atoms with Gasteiger partial charge in [0.15, 0.2) is 5.82 Å². The van der Waals surface area contributed by atoms with Crippen LogP contribution in [0.1, 0.15) is 56.2 Å². The molecule has 2 unspecified atom stereocenters. The Bertz CT molecular complexity index is 655. The smallest absolute Gasteiger partial charge is 0.228 e. The maximum atomic E-state index is 13.0. The average Bonchev–Trinajstić information content (AvgIpc) is 3.23. The van der Waals surface area contributed by atoms with Gasteiger partial charge in [-0.15, -0.1) is 10.2 Å². The number of aromatic nitrogens is 3. The number of likely N-dealkylation sites (tertiary alicyclic amines) is 2. The molecule has 0 bridgehead atoms. The lowest BCUT2D eigenvalue weighted by molar-refractivity contribution is -0.137. The lowest BCUT2D eigenvalue weighted by atomic mass is 10.1. The number of nitrogens with zero attached hydrogens (tertiary/aromatic N) is 5. The number of hydrogen-bond donors (Lipinski definition) is 0. The van der Waals surface area contributed by atoms with E-state index in [1.807, 2.05) is 4.90 Å². The second-order valence-corrected chi connectivity index (χ2v) is 7.30. The van der Waals surface area contributed by atoms with Gasteiger partial charge in [-0.2, -0.15) is 0 Å². The molecule has 0 spiro atoms. The number of amides is 2. The molecule has 1 aromatic heterocycles. The molecule has 3 aliphatic rings. The summed E-state index contributed by atoms with van der Waals surface area (Å²) in [7, 11) is 1.77. The Labute approximate surface area is 142 Å². The van der Waals surface area contributed by atoms with Gasteiger partial charge < -0.3 is 14.4 Å². The Morgan fingerprint density at radius 2 is 2.00 bits per heavy atom. The second-order valence-electron chi connectivity index (χ2n) is 7.30. The Balaban J connectivity index is 1.56. The topological polar surface area (TPSA) is 71.3 Å². The molecule has 2 saturated heterocycles. The van der Waals surface area contributed by atoms with E-state index in [1.54, 1.807) is 11.9 Å². The van der Waals surface area contributed by atoms with Gasteiger partial charge in [0.1, 0.15) is 5.82 Å². The van der Waals surface area contributed by atoms with Crippen LogP contribution in [0, 0.1) is 5.92 Å². The van der Waals surface area contributed by atoms with Crippen LogP contribution in [0.25, 0.3) is 0 Å². The van der Waals surface area contributed by atoms with E-state index in [4.69, 9.17) is 0 Å². The molecule has 0 aliphatic carbocycles. The summed E-state index contributed by atoms with van der Waals surface area (Å²) in [5.74, 6) is 2.00. The minimum Gasteiger partial charge on any atom is -0.345 e. The van der Waals surface area contributed by atoms with Gasteiger partial charge in [-0.05, 0) is 25.7 Å². The zero-order valence-corrected chi connectivity index (χ0v) is 14.3. The first kappa shape index (κ1) is 15.6. The molecule has 24 heavy (non-hydrogen) atoms. The number of rotatable bonds is 2. The Hall–Kier alpha value is -1.92. The summed E-state index contributed by atoms with van der Waals surface area (Å²) < 4.78 is 2.25. The van der Waals surface area contributed by atoms with E-state index >= 15 is 0 Å². The summed E-state index contributed by atoms with van der Waals surface area (Å²) in [6.07, 6.45) is 6.82. The SMILES string of the molecule is CN1CC(C(=O)N2CCCC2c2nnc3n2CCCCC3)CC1=O. The van der Waals surface area contributed by atoms with Crippen molar-refractivity contribution in [2.24, 2.45) is 5.92 Å². The molecule has 7 heteroatoms. The molecule has 4 rings (SSSR count). The molecule has 0 aromatic carbocycles. The third-order valence-electron chi connectivity index (χ3n) is 5.66. The van der Waals surface area contributed by atoms with Crippen molar-refractivity contribution in [2.75, 3.05) is 20.1 Å². The van der Waals surface area contributed by atoms with E-state index in [9.17, 15) is 9.59 Å². The summed E-state index contributed by atoms with van der Waals surface area (Å²) in [6, 6.07) is 0.0258. The minimum absolute atomic E-state index is 0.0258. The Kier molecular flexibility index (Phi) is 4.02. The molecule has 1 aromatic rings. The van der Waals surface area contributed by atoms with Crippen LogP contribution in [0.15, 0.2) is 0 Å². The monoisotopic (exact) mass is 331 g/mol. The number of hydrogen-bond acceptors (Lipinski definition) is 4. The fraction of sp³-hybridized carbons (Fsp3) is 0.765. The van der Waals surface area contributed by atoms with Crippen LogP contribution in [0.2, 0.25) is 0 Å². The molecule has 0 saturated carbocycles. The van der Waals surface area contributed by atoms with Crippen molar-refractivity contribution >= 4 is 11.8 Å². The highest BCUT2D eigenvalue weighted by Crippen LogP contribution is 2.34. The highest BCUT2D eigenvalue weighted by atomic mass is 16.2. The van der Waals surface area contributed by atoms with E-state index in [0.717, 1.165) is 50.4 Å². The minimum atomic E-state index is -0.199. The maximum Gasteiger partial charge on any atom is 0.228 e. The van der Waals surface area contributed by atoms with Gasteiger partial charge in [-0.3, -0.25) is 9.59 Å². The second kappa shape index (κ2) is 6.18. The summed E-state index contributed by atoms with van der Waals surface area (Å²) in [5.41, 5.74) is 0. The molecule has 3 aliphatic heterocycles. The van der Waals surface area contributed by atoms with Gasteiger partial charge in [0.05, 0.1) is 12.0 Å². The zero-order chi connectivity index (χ0) is 16.7. The largest absolute Gasteiger partial charge is 0.345 e. The predicted octanol–water partition coefficient (Wildman–Crippen LogP) is 1.15. The third-order valence-corrected chi connectivity index (χ3v) is 5.66. The van der Waals surface area contributed by atoms with Crippen molar-refractivity contribution in [3.63, 3.8) is 0 Å². The Morgan fingerprint density at radius 1 is 1.12 bits per heavy atom. The van der Waals surface area contributed by atoms with Crippen molar-refractivity contribution in [1.29, 1.82) is 0 Å². The highest BCUT2D eigenvalue weighted by Gasteiger charge is 2.40. The average molecular weight is 331 g/mol. The number of fused-ring (bicyclic) bond motifs is 1. The van der Waals surface area contributed by atoms with Crippen molar-refractivity contribution in [1.82, 2.24) is 24.6 Å². The van der Waals surface area contributed by atoms with Crippen molar-refractivity contribution < 1.29 is 9.59 Å². The number of aryl methyl sites for hydroxylation is 1. The first-order chi connectivity index (χ1) is 11.6. The van der Waals surface area contributed by atoms with Gasteiger partial charge in [0, 0.05) is 39.5 Å². The van der Waals surface area contributed by atoms with Crippen LogP contribution in [0.3, 0.4) is 0 Å². The molecule has 2 atom stereocenters. The summed E-state index contributed by atoms with van der Waals surface area (Å²) in [6.45, 7) is 2.26. The first-order valence-corrected chi connectivity index (χ1v) is 9.11. The quantitative estimate of drug-likeness (QED) is 0.815. The van der Waals surface area contributed by atoms with E-state index in [0.29, 0.717) is 13.0 Å². The lowest BCUT2D eigenvalue weighted by Crippen LogP contribution is -2.37. The summed E-state index contributed by atoms with van der Waals surface area (Å²) >= 11 is 0. The maximum absolute atomic E-state index is 13.0. The molecular formula is C17H25N5O2. The standard InChI is InChI=1S/C17H25N5O2/c1-20-11-12(10-15(20)23)17(24)21-9-5-6-13(21)16-19-18-14-7-3-2-4-8-22(14)16/h12-13H,2-11H2,1H3. The highest BCUT2D eigenvalue weighted by molar-refractivity contribution is 5.89. The van der Waals surface area contributed by atoms with E-state index in [2.05, 4.69) is 14.8 Å². The van der Waals surface area contributed by atoms with Gasteiger partial charge >= 0.3 is 0 Å². The van der Waals surface area contributed by atoms with Gasteiger partial charge in [-0.1, -0.05) is 6.42 Å². The van der Waals surface area contributed by atoms with Crippen molar-refractivity contribution in [3.05, 3.63) is 11.6 Å². The molecule has 0 N–H and O–H groups in total. The Morgan fingerprint density at radius 3 is 2.79 bits per heavy atom. The molecule has 130 valence electrons. The van der Waals surface area contributed by atoms with E-state index in [1.165, 1.54) is 12.8 Å². The molecule has 2 amide bonds. The van der Waals surface area contributed by atoms with E-state index < -0.39 is 0 Å². The zero-order valence-electron chi connectivity index (χ0n) is 14.3. The molecule has 4 heterocycles. The van der Waals surface area contributed by atoms with Crippen LogP contribution in [0.5, 0.6) is 0 Å². The first-order valence-electron chi connectivity index (χ1n) is 9.11. The third kappa shape index (κ3) is 2.59. The fourth-order valence-electron chi connectivity index (χ4n) is 4.32. The van der Waals surface area contributed by atoms with Crippen molar-refractivity contribution in [3.8, 4) is 0 Å². The van der Waals surface area contributed by atoms with Crippen molar-refractivity contribution in [2.45, 2.75) is 57.5 Å². The van der Waals surface area contributed by atoms with Gasteiger partial charge in [0.25, 0.3) is 0 Å².